The zero-order chi connectivity index (χ0) is 19.4. The Morgan fingerprint density at radius 1 is 0.963 bits per heavy atom. The first-order chi connectivity index (χ1) is 13.0. The second kappa shape index (κ2) is 7.95. The van der Waals surface area contributed by atoms with Gasteiger partial charge in [-0.2, -0.15) is 0 Å². The molecule has 2 unspecified atom stereocenters. The summed E-state index contributed by atoms with van der Waals surface area (Å²) in [7, 11) is 0. The third kappa shape index (κ3) is 3.65. The van der Waals surface area contributed by atoms with Gasteiger partial charge in [0.25, 0.3) is 5.91 Å². The number of hydrogen-bond donors (Lipinski definition) is 0. The van der Waals surface area contributed by atoms with Crippen molar-refractivity contribution in [2.75, 3.05) is 13.2 Å². The minimum absolute atomic E-state index is 0.164. The van der Waals surface area contributed by atoms with Crippen molar-refractivity contribution in [1.82, 2.24) is 4.90 Å². The zero-order valence-electron chi connectivity index (χ0n) is 14.8. The number of ether oxygens (including phenoxy) is 1. The summed E-state index contributed by atoms with van der Waals surface area (Å²) in [5.74, 6) is -3.90. The summed E-state index contributed by atoms with van der Waals surface area (Å²) in [4.78, 5) is 51.4. The molecule has 0 saturated carbocycles. The van der Waals surface area contributed by atoms with Gasteiger partial charge in [0.2, 0.25) is 5.78 Å². The van der Waals surface area contributed by atoms with Gasteiger partial charge in [0, 0.05) is 5.56 Å². The molecule has 138 valence electrons. The van der Waals surface area contributed by atoms with Gasteiger partial charge in [-0.05, 0) is 12.5 Å². The van der Waals surface area contributed by atoms with E-state index in [0.717, 1.165) is 4.90 Å². The fourth-order valence-electron chi connectivity index (χ4n) is 3.31. The van der Waals surface area contributed by atoms with Crippen LogP contribution >= 0.6 is 0 Å². The molecule has 1 aliphatic heterocycles. The van der Waals surface area contributed by atoms with Crippen LogP contribution in [0.15, 0.2) is 60.7 Å². The van der Waals surface area contributed by atoms with Crippen LogP contribution < -0.4 is 0 Å². The lowest BCUT2D eigenvalue weighted by atomic mass is 9.86. The smallest absolute Gasteiger partial charge is 0.325 e. The largest absolute Gasteiger partial charge is 0.465 e. The predicted molar refractivity (Wildman–Crippen MR) is 96.8 cm³/mol. The van der Waals surface area contributed by atoms with Gasteiger partial charge < -0.3 is 9.64 Å². The number of hydrogen-bond acceptors (Lipinski definition) is 5. The van der Waals surface area contributed by atoms with Crippen LogP contribution in [0.4, 0.5) is 0 Å². The molecule has 0 aliphatic carbocycles. The van der Waals surface area contributed by atoms with E-state index in [9.17, 15) is 19.2 Å². The van der Waals surface area contributed by atoms with Crippen molar-refractivity contribution in [3.8, 4) is 0 Å². The van der Waals surface area contributed by atoms with E-state index in [0.29, 0.717) is 11.1 Å². The summed E-state index contributed by atoms with van der Waals surface area (Å²) >= 11 is 0. The van der Waals surface area contributed by atoms with E-state index in [2.05, 4.69) is 0 Å². The van der Waals surface area contributed by atoms with E-state index >= 15 is 0 Å². The summed E-state index contributed by atoms with van der Waals surface area (Å²) in [5.41, 5.74) is 0.970. The second-order valence-electron chi connectivity index (χ2n) is 6.17. The molecule has 0 bridgehead atoms. The van der Waals surface area contributed by atoms with Crippen molar-refractivity contribution in [2.24, 2.45) is 5.92 Å². The van der Waals surface area contributed by atoms with Gasteiger partial charge >= 0.3 is 5.97 Å². The van der Waals surface area contributed by atoms with E-state index in [1.807, 2.05) is 0 Å². The number of nitrogens with zero attached hydrogens (tertiary/aromatic N) is 1. The number of ketones is 2. The molecule has 1 saturated heterocycles. The van der Waals surface area contributed by atoms with Crippen LogP contribution in [-0.4, -0.2) is 41.5 Å². The van der Waals surface area contributed by atoms with Crippen LogP contribution in [0.5, 0.6) is 0 Å². The highest BCUT2D eigenvalue weighted by Gasteiger charge is 2.52. The fraction of sp³-hybridized carbons (Fsp3) is 0.238. The molecule has 3 rings (SSSR count). The van der Waals surface area contributed by atoms with E-state index < -0.39 is 35.4 Å². The fourth-order valence-corrected chi connectivity index (χ4v) is 3.31. The first kappa shape index (κ1) is 18.5. The van der Waals surface area contributed by atoms with Crippen molar-refractivity contribution in [1.29, 1.82) is 0 Å². The first-order valence-electron chi connectivity index (χ1n) is 8.69. The van der Waals surface area contributed by atoms with Crippen LogP contribution in [0.25, 0.3) is 0 Å². The molecule has 0 radical (unpaired) electrons. The van der Waals surface area contributed by atoms with Crippen LogP contribution in [-0.2, 0) is 19.1 Å². The van der Waals surface area contributed by atoms with Crippen LogP contribution in [0.1, 0.15) is 28.9 Å². The maximum atomic E-state index is 13.0. The monoisotopic (exact) mass is 365 g/mol. The Hall–Kier alpha value is -3.28. The third-order valence-corrected chi connectivity index (χ3v) is 4.49. The molecule has 0 N–H and O–H groups in total. The average molecular weight is 365 g/mol. The maximum Gasteiger partial charge on any atom is 0.325 e. The van der Waals surface area contributed by atoms with Crippen molar-refractivity contribution in [2.45, 2.75) is 13.0 Å². The van der Waals surface area contributed by atoms with Gasteiger partial charge in [0.05, 0.1) is 12.6 Å². The summed E-state index contributed by atoms with van der Waals surface area (Å²) in [6.07, 6.45) is 0. The van der Waals surface area contributed by atoms with Crippen LogP contribution in [0.3, 0.4) is 0 Å². The highest BCUT2D eigenvalue weighted by Crippen LogP contribution is 2.37. The molecule has 1 aliphatic rings. The summed E-state index contributed by atoms with van der Waals surface area (Å²) in [6, 6.07) is 16.3. The number of carbonyl (C=O) groups is 4. The lowest BCUT2D eigenvalue weighted by Gasteiger charge is -2.26. The van der Waals surface area contributed by atoms with Gasteiger partial charge in [0.15, 0.2) is 5.78 Å². The topological polar surface area (TPSA) is 80.8 Å². The predicted octanol–water partition coefficient (Wildman–Crippen LogP) is 2.20. The van der Waals surface area contributed by atoms with Crippen LogP contribution in [0, 0.1) is 5.92 Å². The number of amides is 1. The molecule has 1 fully saturated rings. The molecular weight excluding hydrogens is 346 g/mol. The first-order valence-corrected chi connectivity index (χ1v) is 8.69. The SMILES string of the molecule is CCOC(=O)CN1C(=O)C(=O)C(C(=O)c2ccccc2)C1c1ccccc1. The van der Waals surface area contributed by atoms with Crippen molar-refractivity contribution >= 4 is 23.4 Å². The Bertz CT molecular complexity index is 863. The Morgan fingerprint density at radius 3 is 2.15 bits per heavy atom. The molecule has 2 aromatic carbocycles. The maximum absolute atomic E-state index is 13.0. The van der Waals surface area contributed by atoms with Gasteiger partial charge in [-0.3, -0.25) is 19.2 Å². The van der Waals surface area contributed by atoms with Gasteiger partial charge in [-0.15, -0.1) is 0 Å². The normalized spacial score (nSPS) is 19.2. The highest BCUT2D eigenvalue weighted by molar-refractivity contribution is 6.44. The lowest BCUT2D eigenvalue weighted by Crippen LogP contribution is -2.36. The molecule has 0 spiro atoms. The zero-order valence-corrected chi connectivity index (χ0v) is 14.8. The molecule has 6 nitrogen and oxygen atoms in total. The summed E-state index contributed by atoms with van der Waals surface area (Å²) in [6.45, 7) is 1.44. The van der Waals surface area contributed by atoms with Crippen molar-refractivity contribution < 1.29 is 23.9 Å². The number of carbonyl (C=O) groups excluding carboxylic acids is 4. The Balaban J connectivity index is 2.02. The van der Waals surface area contributed by atoms with E-state index in [1.54, 1.807) is 67.6 Å². The molecule has 1 amide bonds. The number of Topliss-reactive ketones (excluding diaryl/α,β-unsaturated/α-hetero) is 2. The summed E-state index contributed by atoms with van der Waals surface area (Å²) < 4.78 is 4.92. The van der Waals surface area contributed by atoms with Crippen LogP contribution in [0.2, 0.25) is 0 Å². The minimum Gasteiger partial charge on any atom is -0.465 e. The molecule has 6 heteroatoms. The van der Waals surface area contributed by atoms with Crippen molar-refractivity contribution in [3.05, 3.63) is 71.8 Å². The van der Waals surface area contributed by atoms with Gasteiger partial charge in [-0.1, -0.05) is 60.7 Å². The van der Waals surface area contributed by atoms with Gasteiger partial charge in [0.1, 0.15) is 12.5 Å². The van der Waals surface area contributed by atoms with E-state index in [-0.39, 0.29) is 13.2 Å². The molecule has 1 heterocycles. The van der Waals surface area contributed by atoms with Gasteiger partial charge in [-0.25, -0.2) is 0 Å². The number of rotatable bonds is 6. The van der Waals surface area contributed by atoms with E-state index in [4.69, 9.17) is 4.74 Å². The Kier molecular flexibility index (Phi) is 5.45. The molecule has 27 heavy (non-hydrogen) atoms. The average Bonchev–Trinajstić information content (AvgIpc) is 2.94. The van der Waals surface area contributed by atoms with E-state index in [1.165, 1.54) is 0 Å². The van der Waals surface area contributed by atoms with Crippen molar-refractivity contribution in [3.63, 3.8) is 0 Å². The summed E-state index contributed by atoms with van der Waals surface area (Å²) in [5, 5.41) is 0. The Labute approximate surface area is 156 Å². The molecule has 2 aromatic rings. The molecular formula is C21H19NO5. The number of benzene rings is 2. The lowest BCUT2D eigenvalue weighted by molar-refractivity contribution is -0.149. The Morgan fingerprint density at radius 2 is 1.56 bits per heavy atom. The third-order valence-electron chi connectivity index (χ3n) is 4.49. The number of esters is 1. The second-order valence-corrected chi connectivity index (χ2v) is 6.17. The minimum atomic E-state index is -1.20. The molecule has 0 aromatic heterocycles. The quantitative estimate of drug-likeness (QED) is 0.339. The highest BCUT2D eigenvalue weighted by atomic mass is 16.5. The number of likely N-dealkylation sites (tertiary alicyclic amines) is 1. The molecule has 2 atom stereocenters. The standard InChI is InChI=1S/C21H19NO5/c1-2-27-16(23)13-22-18(14-9-5-3-6-10-14)17(20(25)21(22)26)19(24)15-11-7-4-8-12-15/h3-12,17-18H,2,13H2,1H3.